The highest BCUT2D eigenvalue weighted by atomic mass is 16.5. The van der Waals surface area contributed by atoms with E-state index in [1.807, 2.05) is 54.6 Å². The van der Waals surface area contributed by atoms with Crippen LogP contribution in [0.1, 0.15) is 24.0 Å². The lowest BCUT2D eigenvalue weighted by molar-refractivity contribution is -0.137. The van der Waals surface area contributed by atoms with E-state index in [2.05, 4.69) is 5.32 Å². The van der Waals surface area contributed by atoms with Gasteiger partial charge in [0, 0.05) is 26.1 Å². The summed E-state index contributed by atoms with van der Waals surface area (Å²) in [7, 11) is 1.61. The molecule has 0 fully saturated rings. The average molecular weight is 356 g/mol. The van der Waals surface area contributed by atoms with Crippen LogP contribution in [0.2, 0.25) is 0 Å². The van der Waals surface area contributed by atoms with Crippen LogP contribution < -0.4 is 10.1 Å². The molecule has 0 radical (unpaired) electrons. The summed E-state index contributed by atoms with van der Waals surface area (Å²) in [6, 6.07) is 17.1. The fourth-order valence-corrected chi connectivity index (χ4v) is 2.50. The van der Waals surface area contributed by atoms with E-state index in [0.717, 1.165) is 16.9 Å². The first-order valence-electron chi connectivity index (χ1n) is 8.50. The number of carbonyl (C=O) groups is 2. The summed E-state index contributed by atoms with van der Waals surface area (Å²) < 4.78 is 5.16. The Morgan fingerprint density at radius 1 is 1.00 bits per heavy atom. The molecule has 2 rings (SSSR count). The Morgan fingerprint density at radius 3 is 2.19 bits per heavy atom. The maximum atomic E-state index is 12.6. The van der Waals surface area contributed by atoms with E-state index >= 15 is 0 Å². The van der Waals surface area contributed by atoms with E-state index < -0.39 is 5.97 Å². The molecule has 0 bridgehead atoms. The van der Waals surface area contributed by atoms with Crippen LogP contribution >= 0.6 is 0 Å². The van der Waals surface area contributed by atoms with Gasteiger partial charge in [0.05, 0.1) is 7.11 Å². The van der Waals surface area contributed by atoms with Gasteiger partial charge in [-0.05, 0) is 29.7 Å². The molecule has 0 spiro atoms. The molecule has 138 valence electrons. The Labute approximate surface area is 153 Å². The van der Waals surface area contributed by atoms with Gasteiger partial charge in [0.25, 0.3) is 0 Å². The predicted molar refractivity (Wildman–Crippen MR) is 99.0 cm³/mol. The number of rotatable bonds is 9. The van der Waals surface area contributed by atoms with Crippen molar-refractivity contribution in [2.24, 2.45) is 0 Å². The minimum absolute atomic E-state index is 0.0391. The van der Waals surface area contributed by atoms with E-state index in [0.29, 0.717) is 26.1 Å². The Morgan fingerprint density at radius 2 is 1.62 bits per heavy atom. The molecule has 0 saturated carbocycles. The van der Waals surface area contributed by atoms with Crippen LogP contribution in [0.4, 0.5) is 4.79 Å². The van der Waals surface area contributed by atoms with Crippen molar-refractivity contribution in [3.05, 3.63) is 65.7 Å². The van der Waals surface area contributed by atoms with Crippen molar-refractivity contribution in [2.75, 3.05) is 13.7 Å². The van der Waals surface area contributed by atoms with Crippen molar-refractivity contribution in [3.8, 4) is 5.75 Å². The molecule has 0 aliphatic carbocycles. The van der Waals surface area contributed by atoms with Crippen LogP contribution in [0.15, 0.2) is 54.6 Å². The number of carbonyl (C=O) groups excluding carboxylic acids is 1. The monoisotopic (exact) mass is 356 g/mol. The molecule has 6 nitrogen and oxygen atoms in total. The number of methoxy groups -OCH3 is 1. The second kappa shape index (κ2) is 10.1. The molecule has 2 aromatic rings. The number of carboxylic acids is 1. The fourth-order valence-electron chi connectivity index (χ4n) is 2.50. The molecular weight excluding hydrogens is 332 g/mol. The topological polar surface area (TPSA) is 78.9 Å². The first kappa shape index (κ1) is 19.3. The molecule has 0 unspecified atom stereocenters. The van der Waals surface area contributed by atoms with Gasteiger partial charge < -0.3 is 20.1 Å². The molecule has 2 N–H and O–H groups in total. The van der Waals surface area contributed by atoms with Crippen molar-refractivity contribution in [1.29, 1.82) is 0 Å². The number of amides is 2. The summed E-state index contributed by atoms with van der Waals surface area (Å²) in [6.07, 6.45) is 0.445. The Bertz CT molecular complexity index is 702. The molecule has 0 aliphatic heterocycles. The second-order valence-corrected chi connectivity index (χ2v) is 5.92. The van der Waals surface area contributed by atoms with Crippen LogP contribution in [-0.4, -0.2) is 35.7 Å². The van der Waals surface area contributed by atoms with Crippen LogP contribution in [-0.2, 0) is 17.9 Å². The van der Waals surface area contributed by atoms with Crippen LogP contribution in [0.3, 0.4) is 0 Å². The molecule has 2 aromatic carbocycles. The number of urea groups is 1. The normalized spacial score (nSPS) is 10.2. The second-order valence-electron chi connectivity index (χ2n) is 5.92. The fraction of sp³-hybridized carbons (Fsp3) is 0.300. The molecule has 0 saturated heterocycles. The zero-order valence-corrected chi connectivity index (χ0v) is 14.9. The Hall–Kier alpha value is -3.02. The third-order valence-corrected chi connectivity index (χ3v) is 3.88. The van der Waals surface area contributed by atoms with Gasteiger partial charge in [0.1, 0.15) is 5.75 Å². The van der Waals surface area contributed by atoms with Crippen LogP contribution in [0, 0.1) is 0 Å². The molecule has 0 aliphatic rings. The largest absolute Gasteiger partial charge is 0.497 e. The molecule has 0 atom stereocenters. The van der Waals surface area contributed by atoms with E-state index in [9.17, 15) is 9.59 Å². The van der Waals surface area contributed by atoms with Crippen molar-refractivity contribution < 1.29 is 19.4 Å². The summed E-state index contributed by atoms with van der Waals surface area (Å²) in [5.41, 5.74) is 2.02. The number of hydrogen-bond donors (Lipinski definition) is 2. The van der Waals surface area contributed by atoms with Gasteiger partial charge in [0.2, 0.25) is 0 Å². The molecule has 26 heavy (non-hydrogen) atoms. The minimum Gasteiger partial charge on any atom is -0.497 e. The standard InChI is InChI=1S/C20H24N2O4/c1-26-18-11-9-17(10-12-18)15-22(14-16-6-3-2-4-7-16)20(25)21-13-5-8-19(23)24/h2-4,6-7,9-12H,5,8,13-15H2,1H3,(H,21,25)(H,23,24). The van der Waals surface area contributed by atoms with Crippen molar-refractivity contribution in [1.82, 2.24) is 10.2 Å². The smallest absolute Gasteiger partial charge is 0.318 e. The first-order chi connectivity index (χ1) is 12.6. The van der Waals surface area contributed by atoms with Gasteiger partial charge in [-0.15, -0.1) is 0 Å². The number of ether oxygens (including phenoxy) is 1. The zero-order valence-electron chi connectivity index (χ0n) is 14.9. The summed E-state index contributed by atoms with van der Waals surface area (Å²) >= 11 is 0. The summed E-state index contributed by atoms with van der Waals surface area (Å²) in [5, 5.41) is 11.5. The lowest BCUT2D eigenvalue weighted by atomic mass is 10.1. The number of aliphatic carboxylic acids is 1. The number of benzene rings is 2. The lowest BCUT2D eigenvalue weighted by Crippen LogP contribution is -2.39. The van der Waals surface area contributed by atoms with Crippen molar-refractivity contribution in [3.63, 3.8) is 0 Å². The molecule has 6 heteroatoms. The summed E-state index contributed by atoms with van der Waals surface area (Å²) in [6.45, 7) is 1.25. The van der Waals surface area contributed by atoms with Gasteiger partial charge in [-0.1, -0.05) is 42.5 Å². The first-order valence-corrected chi connectivity index (χ1v) is 8.50. The van der Waals surface area contributed by atoms with E-state index in [-0.39, 0.29) is 12.5 Å². The van der Waals surface area contributed by atoms with Gasteiger partial charge in [-0.25, -0.2) is 4.79 Å². The maximum absolute atomic E-state index is 12.6. The number of hydrogen-bond acceptors (Lipinski definition) is 3. The number of nitrogens with one attached hydrogen (secondary N) is 1. The van der Waals surface area contributed by atoms with E-state index in [4.69, 9.17) is 9.84 Å². The van der Waals surface area contributed by atoms with Crippen molar-refractivity contribution in [2.45, 2.75) is 25.9 Å². The van der Waals surface area contributed by atoms with E-state index in [1.54, 1.807) is 12.0 Å². The van der Waals surface area contributed by atoms with E-state index in [1.165, 1.54) is 0 Å². The SMILES string of the molecule is COc1ccc(CN(Cc2ccccc2)C(=O)NCCCC(=O)O)cc1. The average Bonchev–Trinajstić information content (AvgIpc) is 2.66. The lowest BCUT2D eigenvalue weighted by Gasteiger charge is -2.23. The highest BCUT2D eigenvalue weighted by Gasteiger charge is 2.14. The number of carboxylic acid groups (broad SMARTS) is 1. The zero-order chi connectivity index (χ0) is 18.8. The highest BCUT2D eigenvalue weighted by Crippen LogP contribution is 2.15. The summed E-state index contributed by atoms with van der Waals surface area (Å²) in [4.78, 5) is 24.8. The van der Waals surface area contributed by atoms with Crippen LogP contribution in [0.5, 0.6) is 5.75 Å². The third-order valence-electron chi connectivity index (χ3n) is 3.88. The summed E-state index contributed by atoms with van der Waals surface area (Å²) in [5.74, 6) is -0.0971. The Kier molecular flexibility index (Phi) is 7.49. The molecular formula is C20H24N2O4. The molecule has 0 aromatic heterocycles. The third kappa shape index (κ3) is 6.47. The van der Waals surface area contributed by atoms with Gasteiger partial charge in [-0.3, -0.25) is 4.79 Å². The quantitative estimate of drug-likeness (QED) is 0.676. The van der Waals surface area contributed by atoms with Crippen molar-refractivity contribution >= 4 is 12.0 Å². The molecule has 2 amide bonds. The minimum atomic E-state index is -0.862. The van der Waals surface area contributed by atoms with Crippen LogP contribution in [0.25, 0.3) is 0 Å². The van der Waals surface area contributed by atoms with Gasteiger partial charge in [0.15, 0.2) is 0 Å². The predicted octanol–water partition coefficient (Wildman–Crippen LogP) is 3.27. The highest BCUT2D eigenvalue weighted by molar-refractivity contribution is 5.74. The maximum Gasteiger partial charge on any atom is 0.318 e. The molecule has 0 heterocycles. The van der Waals surface area contributed by atoms with Gasteiger partial charge >= 0.3 is 12.0 Å². The van der Waals surface area contributed by atoms with Gasteiger partial charge in [-0.2, -0.15) is 0 Å². The Balaban J connectivity index is 2.02. The number of nitrogens with zero attached hydrogens (tertiary/aromatic N) is 1.